The zero-order valence-corrected chi connectivity index (χ0v) is 19.2. The molecule has 9 heteroatoms. The summed E-state index contributed by atoms with van der Waals surface area (Å²) in [6.45, 7) is 2.86. The van der Waals surface area contributed by atoms with Crippen LogP contribution in [0.1, 0.15) is 42.6 Å². The van der Waals surface area contributed by atoms with Crippen LogP contribution in [0.5, 0.6) is 11.5 Å². The van der Waals surface area contributed by atoms with Crippen molar-refractivity contribution in [3.05, 3.63) is 59.7 Å². The summed E-state index contributed by atoms with van der Waals surface area (Å²) in [6.07, 6.45) is -1.32. The molecule has 0 radical (unpaired) electrons. The van der Waals surface area contributed by atoms with Gasteiger partial charge in [-0.15, -0.1) is 0 Å². The Kier molecular flexibility index (Phi) is 10.7. The first-order valence-electron chi connectivity index (χ1n) is 10.9. The van der Waals surface area contributed by atoms with Gasteiger partial charge in [0.25, 0.3) is 0 Å². The summed E-state index contributed by atoms with van der Waals surface area (Å²) in [4.78, 5) is 36.8. The average Bonchev–Trinajstić information content (AvgIpc) is 2.81. The molecular weight excluding hydrogens is 444 g/mol. The molecule has 0 fully saturated rings. The molecule has 0 aliphatic rings. The molecule has 34 heavy (non-hydrogen) atoms. The van der Waals surface area contributed by atoms with Crippen molar-refractivity contribution in [1.29, 1.82) is 0 Å². The van der Waals surface area contributed by atoms with Crippen molar-refractivity contribution in [2.45, 2.75) is 38.9 Å². The molecule has 0 aromatic heterocycles. The van der Waals surface area contributed by atoms with Crippen LogP contribution in [0.25, 0.3) is 0 Å². The Hall–Kier alpha value is -3.27. The molecule has 3 atom stereocenters. The molecule has 0 aliphatic carbocycles. The molecule has 0 aliphatic heterocycles. The van der Waals surface area contributed by atoms with Crippen LogP contribution in [-0.4, -0.2) is 65.1 Å². The minimum atomic E-state index is -0.819. The van der Waals surface area contributed by atoms with E-state index in [1.165, 1.54) is 32.0 Å². The maximum Gasteiger partial charge on any atom is 0.314 e. The first kappa shape index (κ1) is 27.0. The molecule has 2 rings (SSSR count). The fourth-order valence-corrected chi connectivity index (χ4v) is 3.07. The van der Waals surface area contributed by atoms with E-state index in [1.54, 1.807) is 30.3 Å². The van der Waals surface area contributed by atoms with Gasteiger partial charge in [-0.3, -0.25) is 14.4 Å². The van der Waals surface area contributed by atoms with Crippen molar-refractivity contribution < 1.29 is 43.9 Å². The lowest BCUT2D eigenvalue weighted by Crippen LogP contribution is -2.29. The number of hydrogen-bond donors (Lipinski definition) is 3. The van der Waals surface area contributed by atoms with Crippen LogP contribution in [0.4, 0.5) is 0 Å². The minimum Gasteiger partial charge on any atom is -0.507 e. The number of carbonyl (C=O) groups is 3. The molecule has 0 saturated heterocycles. The number of rotatable bonds is 13. The fraction of sp³-hybridized carbons (Fsp3) is 0.400. The van der Waals surface area contributed by atoms with Gasteiger partial charge in [0, 0.05) is 18.2 Å². The van der Waals surface area contributed by atoms with Gasteiger partial charge in [0.15, 0.2) is 5.78 Å². The van der Waals surface area contributed by atoms with E-state index in [9.17, 15) is 24.6 Å². The second-order valence-electron chi connectivity index (χ2n) is 7.78. The molecule has 0 saturated carbocycles. The molecular formula is C25H30O9. The predicted octanol–water partition coefficient (Wildman–Crippen LogP) is 2.25. The van der Waals surface area contributed by atoms with E-state index in [0.717, 1.165) is 0 Å². The molecule has 0 bridgehead atoms. The van der Waals surface area contributed by atoms with Gasteiger partial charge < -0.3 is 29.5 Å². The van der Waals surface area contributed by atoms with Crippen LogP contribution < -0.4 is 4.74 Å². The zero-order chi connectivity index (χ0) is 25.1. The Morgan fingerprint density at radius 3 is 2.32 bits per heavy atom. The molecule has 2 aromatic rings. The van der Waals surface area contributed by atoms with Crippen molar-refractivity contribution >= 4 is 17.7 Å². The molecule has 0 heterocycles. The average molecular weight is 475 g/mol. The SMILES string of the molecule is CC(CC(=O)OCCOC(CCO)C(C)O)C(=O)Oc1ccc(C(=O)c2ccccc2)c(O)c1. The minimum absolute atomic E-state index is 0.0352. The number of aromatic hydroxyl groups is 1. The summed E-state index contributed by atoms with van der Waals surface area (Å²) >= 11 is 0. The van der Waals surface area contributed by atoms with Gasteiger partial charge >= 0.3 is 11.9 Å². The van der Waals surface area contributed by atoms with E-state index in [0.29, 0.717) is 5.56 Å². The van der Waals surface area contributed by atoms with Crippen molar-refractivity contribution in [2.75, 3.05) is 19.8 Å². The summed E-state index contributed by atoms with van der Waals surface area (Å²) in [6, 6.07) is 12.4. The van der Waals surface area contributed by atoms with Crippen LogP contribution in [0, 0.1) is 5.92 Å². The normalized spacial score (nSPS) is 13.5. The number of benzene rings is 2. The van der Waals surface area contributed by atoms with Gasteiger partial charge in [-0.2, -0.15) is 0 Å². The van der Waals surface area contributed by atoms with E-state index in [1.807, 2.05) is 0 Å². The highest BCUT2D eigenvalue weighted by Crippen LogP contribution is 2.26. The Morgan fingerprint density at radius 1 is 1.00 bits per heavy atom. The van der Waals surface area contributed by atoms with Gasteiger partial charge in [-0.05, 0) is 25.5 Å². The van der Waals surface area contributed by atoms with Gasteiger partial charge in [0.1, 0.15) is 18.1 Å². The maximum atomic E-state index is 12.5. The van der Waals surface area contributed by atoms with Gasteiger partial charge in [0.05, 0.1) is 36.7 Å². The lowest BCUT2D eigenvalue weighted by Gasteiger charge is -2.19. The standard InChI is InChI=1S/C25H30O9/c1-16(14-23(29)33-13-12-32-22(10-11-26)17(2)27)25(31)34-19-8-9-20(21(28)15-19)24(30)18-6-4-3-5-7-18/h3-9,15-17,22,26-28H,10-14H2,1-2H3. The number of ether oxygens (including phenoxy) is 3. The van der Waals surface area contributed by atoms with E-state index >= 15 is 0 Å². The third-order valence-electron chi connectivity index (χ3n) is 4.97. The first-order chi connectivity index (χ1) is 16.2. The molecule has 184 valence electrons. The Labute approximate surface area is 197 Å². The number of phenolic OH excluding ortho intramolecular Hbond substituents is 1. The second kappa shape index (κ2) is 13.4. The summed E-state index contributed by atoms with van der Waals surface area (Å²) in [5, 5.41) is 28.7. The van der Waals surface area contributed by atoms with E-state index in [2.05, 4.69) is 0 Å². The summed E-state index contributed by atoms with van der Waals surface area (Å²) in [5.74, 6) is -2.81. The highest BCUT2D eigenvalue weighted by molar-refractivity contribution is 6.10. The lowest BCUT2D eigenvalue weighted by atomic mass is 10.0. The number of carbonyl (C=O) groups excluding carboxylic acids is 3. The largest absolute Gasteiger partial charge is 0.507 e. The fourth-order valence-electron chi connectivity index (χ4n) is 3.07. The highest BCUT2D eigenvalue weighted by atomic mass is 16.6. The van der Waals surface area contributed by atoms with Crippen LogP contribution in [-0.2, 0) is 19.1 Å². The molecule has 0 spiro atoms. The highest BCUT2D eigenvalue weighted by Gasteiger charge is 2.22. The van der Waals surface area contributed by atoms with Crippen molar-refractivity contribution in [1.82, 2.24) is 0 Å². The van der Waals surface area contributed by atoms with Crippen LogP contribution in [0.2, 0.25) is 0 Å². The van der Waals surface area contributed by atoms with E-state index < -0.39 is 30.1 Å². The number of aliphatic hydroxyl groups is 2. The Morgan fingerprint density at radius 2 is 1.71 bits per heavy atom. The van der Waals surface area contributed by atoms with Crippen molar-refractivity contribution in [2.24, 2.45) is 5.92 Å². The topological polar surface area (TPSA) is 140 Å². The zero-order valence-electron chi connectivity index (χ0n) is 19.2. The smallest absolute Gasteiger partial charge is 0.314 e. The van der Waals surface area contributed by atoms with Gasteiger partial charge in [-0.25, -0.2) is 0 Å². The van der Waals surface area contributed by atoms with Crippen LogP contribution >= 0.6 is 0 Å². The summed E-state index contributed by atoms with van der Waals surface area (Å²) in [5.41, 5.74) is 0.483. The Bertz CT molecular complexity index is 956. The second-order valence-corrected chi connectivity index (χ2v) is 7.78. The number of hydrogen-bond acceptors (Lipinski definition) is 9. The quantitative estimate of drug-likeness (QED) is 0.173. The molecule has 3 unspecified atom stereocenters. The molecule has 9 nitrogen and oxygen atoms in total. The number of phenols is 1. The number of aliphatic hydroxyl groups excluding tert-OH is 2. The molecule has 3 N–H and O–H groups in total. The molecule has 2 aromatic carbocycles. The third kappa shape index (κ3) is 8.26. The van der Waals surface area contributed by atoms with E-state index in [-0.39, 0.29) is 55.5 Å². The molecule has 0 amide bonds. The first-order valence-corrected chi connectivity index (χ1v) is 10.9. The maximum absolute atomic E-state index is 12.5. The third-order valence-corrected chi connectivity index (χ3v) is 4.97. The van der Waals surface area contributed by atoms with Crippen molar-refractivity contribution in [3.63, 3.8) is 0 Å². The van der Waals surface area contributed by atoms with Gasteiger partial charge in [0.2, 0.25) is 0 Å². The number of esters is 2. The lowest BCUT2D eigenvalue weighted by molar-refractivity contribution is -0.152. The number of ketones is 1. The van der Waals surface area contributed by atoms with Crippen LogP contribution in [0.3, 0.4) is 0 Å². The van der Waals surface area contributed by atoms with Crippen molar-refractivity contribution in [3.8, 4) is 11.5 Å². The van der Waals surface area contributed by atoms with Gasteiger partial charge in [-0.1, -0.05) is 37.3 Å². The van der Waals surface area contributed by atoms with E-state index in [4.69, 9.17) is 19.3 Å². The summed E-state index contributed by atoms with van der Waals surface area (Å²) < 4.78 is 15.6. The predicted molar refractivity (Wildman–Crippen MR) is 121 cm³/mol. The van der Waals surface area contributed by atoms with Crippen LogP contribution in [0.15, 0.2) is 48.5 Å². The summed E-state index contributed by atoms with van der Waals surface area (Å²) in [7, 11) is 0. The Balaban J connectivity index is 1.82. The monoisotopic (exact) mass is 474 g/mol.